The third-order valence-corrected chi connectivity index (χ3v) is 5.66. The van der Waals surface area contributed by atoms with Gasteiger partial charge in [-0.15, -0.1) is 22.9 Å². The van der Waals surface area contributed by atoms with Gasteiger partial charge in [0.05, 0.1) is 12.5 Å². The van der Waals surface area contributed by atoms with E-state index in [1.165, 1.54) is 15.3 Å². The molecule has 0 saturated carbocycles. The summed E-state index contributed by atoms with van der Waals surface area (Å²) in [6.07, 6.45) is 0. The van der Waals surface area contributed by atoms with Crippen molar-refractivity contribution < 1.29 is 4.74 Å². The summed E-state index contributed by atoms with van der Waals surface area (Å²) in [5.74, 6) is 0.886. The summed E-state index contributed by atoms with van der Waals surface area (Å²) in [6, 6.07) is 14.5. The van der Waals surface area contributed by atoms with Gasteiger partial charge < -0.3 is 4.74 Å². The van der Waals surface area contributed by atoms with E-state index in [0.717, 1.165) is 22.1 Å². The highest BCUT2D eigenvalue weighted by molar-refractivity contribution is 7.12. The zero-order chi connectivity index (χ0) is 15.0. The summed E-state index contributed by atoms with van der Waals surface area (Å²) in [5, 5.41) is 2.13. The van der Waals surface area contributed by atoms with E-state index in [1.54, 1.807) is 18.4 Å². The van der Waals surface area contributed by atoms with Crippen LogP contribution in [0.25, 0.3) is 10.8 Å². The molecule has 0 bridgehead atoms. The summed E-state index contributed by atoms with van der Waals surface area (Å²) < 4.78 is 5.45. The molecule has 0 aliphatic rings. The zero-order valence-electron chi connectivity index (χ0n) is 12.3. The highest BCUT2D eigenvalue weighted by atomic mass is 35.5. The lowest BCUT2D eigenvalue weighted by atomic mass is 10.00. The number of hydrogen-bond donors (Lipinski definition) is 0. The SMILES string of the molecule is COc1ccc(C(Cl)c2cc(C)c(C)s2)c2ccccc12. The maximum Gasteiger partial charge on any atom is 0.126 e. The summed E-state index contributed by atoms with van der Waals surface area (Å²) in [5.41, 5.74) is 2.44. The van der Waals surface area contributed by atoms with Crippen LogP contribution < -0.4 is 4.74 Å². The third kappa shape index (κ3) is 2.54. The number of rotatable bonds is 3. The van der Waals surface area contributed by atoms with Crippen LogP contribution in [0.2, 0.25) is 0 Å². The van der Waals surface area contributed by atoms with Crippen LogP contribution in [-0.2, 0) is 0 Å². The van der Waals surface area contributed by atoms with E-state index in [-0.39, 0.29) is 5.38 Å². The predicted octanol–water partition coefficient (Wildman–Crippen LogP) is 5.85. The maximum atomic E-state index is 6.76. The Hall–Kier alpha value is -1.51. The molecule has 1 heterocycles. The standard InChI is InChI=1S/C18H17ClOS/c1-11-10-17(21-12(11)2)18(19)15-8-9-16(20-3)14-7-5-4-6-13(14)15/h4-10,18H,1-3H3. The van der Waals surface area contributed by atoms with Crippen molar-refractivity contribution in [1.82, 2.24) is 0 Å². The molecule has 0 N–H and O–H groups in total. The molecule has 3 heteroatoms. The molecule has 1 atom stereocenters. The molecule has 0 amide bonds. The van der Waals surface area contributed by atoms with Gasteiger partial charge in [-0.3, -0.25) is 0 Å². The van der Waals surface area contributed by atoms with Gasteiger partial charge in [-0.2, -0.15) is 0 Å². The topological polar surface area (TPSA) is 9.23 Å². The number of alkyl halides is 1. The molecule has 3 aromatic rings. The summed E-state index contributed by atoms with van der Waals surface area (Å²) in [7, 11) is 1.70. The Balaban J connectivity index is 2.16. The molecule has 0 fully saturated rings. The van der Waals surface area contributed by atoms with Crippen molar-refractivity contribution in [2.75, 3.05) is 7.11 Å². The van der Waals surface area contributed by atoms with Crippen LogP contribution in [0.3, 0.4) is 0 Å². The van der Waals surface area contributed by atoms with Crippen molar-refractivity contribution in [3.63, 3.8) is 0 Å². The molecule has 0 aliphatic heterocycles. The molecule has 0 saturated heterocycles. The Morgan fingerprint density at radius 1 is 1.05 bits per heavy atom. The van der Waals surface area contributed by atoms with Crippen molar-refractivity contribution in [1.29, 1.82) is 0 Å². The second-order valence-corrected chi connectivity index (χ2v) is 6.88. The Kier molecular flexibility index (Phi) is 3.92. The van der Waals surface area contributed by atoms with Crippen molar-refractivity contribution in [3.05, 3.63) is 63.3 Å². The predicted molar refractivity (Wildman–Crippen MR) is 92.0 cm³/mol. The number of ether oxygens (including phenoxy) is 1. The number of fused-ring (bicyclic) bond motifs is 1. The first-order valence-electron chi connectivity index (χ1n) is 6.88. The molecule has 21 heavy (non-hydrogen) atoms. The van der Waals surface area contributed by atoms with Gasteiger partial charge in [0.2, 0.25) is 0 Å². The van der Waals surface area contributed by atoms with Gasteiger partial charge in [0, 0.05) is 15.1 Å². The fourth-order valence-corrected chi connectivity index (χ4v) is 4.00. The minimum atomic E-state index is -0.127. The van der Waals surface area contributed by atoms with Crippen molar-refractivity contribution >= 4 is 33.7 Å². The number of methoxy groups -OCH3 is 1. The summed E-state index contributed by atoms with van der Waals surface area (Å²) in [6.45, 7) is 4.27. The molecule has 0 spiro atoms. The van der Waals surface area contributed by atoms with Crippen molar-refractivity contribution in [2.24, 2.45) is 0 Å². The molecule has 1 aromatic heterocycles. The summed E-state index contributed by atoms with van der Waals surface area (Å²) in [4.78, 5) is 2.52. The van der Waals surface area contributed by atoms with E-state index in [1.807, 2.05) is 18.2 Å². The Morgan fingerprint density at radius 3 is 2.38 bits per heavy atom. The fourth-order valence-electron chi connectivity index (χ4n) is 2.57. The van der Waals surface area contributed by atoms with Crippen LogP contribution in [0, 0.1) is 13.8 Å². The van der Waals surface area contributed by atoms with Gasteiger partial charge in [-0.1, -0.05) is 30.3 Å². The largest absolute Gasteiger partial charge is 0.496 e. The van der Waals surface area contributed by atoms with Gasteiger partial charge in [-0.25, -0.2) is 0 Å². The lowest BCUT2D eigenvalue weighted by Gasteiger charge is -2.14. The van der Waals surface area contributed by atoms with E-state index in [4.69, 9.17) is 16.3 Å². The normalized spacial score (nSPS) is 12.6. The molecule has 3 rings (SSSR count). The van der Waals surface area contributed by atoms with Crippen LogP contribution in [0.15, 0.2) is 42.5 Å². The highest BCUT2D eigenvalue weighted by Gasteiger charge is 2.18. The number of hydrogen-bond acceptors (Lipinski definition) is 2. The lowest BCUT2D eigenvalue weighted by molar-refractivity contribution is 0.419. The van der Waals surface area contributed by atoms with Gasteiger partial charge >= 0.3 is 0 Å². The van der Waals surface area contributed by atoms with Gasteiger partial charge in [0.25, 0.3) is 0 Å². The first kappa shape index (κ1) is 14.4. The third-order valence-electron chi connectivity index (χ3n) is 3.85. The monoisotopic (exact) mass is 316 g/mol. The average molecular weight is 317 g/mol. The fraction of sp³-hybridized carbons (Fsp3) is 0.222. The first-order valence-corrected chi connectivity index (χ1v) is 8.13. The lowest BCUT2D eigenvalue weighted by Crippen LogP contribution is -1.94. The van der Waals surface area contributed by atoms with E-state index < -0.39 is 0 Å². The second kappa shape index (κ2) is 5.70. The number of aryl methyl sites for hydroxylation is 2. The van der Waals surface area contributed by atoms with Crippen LogP contribution in [0.1, 0.15) is 26.3 Å². The molecular weight excluding hydrogens is 300 g/mol. The smallest absolute Gasteiger partial charge is 0.126 e. The van der Waals surface area contributed by atoms with Crippen LogP contribution >= 0.6 is 22.9 Å². The molecule has 0 radical (unpaired) electrons. The molecular formula is C18H17ClOS. The van der Waals surface area contributed by atoms with E-state index >= 15 is 0 Å². The highest BCUT2D eigenvalue weighted by Crippen LogP contribution is 2.40. The van der Waals surface area contributed by atoms with Gasteiger partial charge in [-0.05, 0) is 42.5 Å². The molecule has 1 nitrogen and oxygen atoms in total. The second-order valence-electron chi connectivity index (χ2n) is 5.15. The summed E-state index contributed by atoms with van der Waals surface area (Å²) >= 11 is 8.53. The van der Waals surface area contributed by atoms with Crippen LogP contribution in [0.5, 0.6) is 5.75 Å². The van der Waals surface area contributed by atoms with Crippen molar-refractivity contribution in [2.45, 2.75) is 19.2 Å². The van der Waals surface area contributed by atoms with Crippen LogP contribution in [0.4, 0.5) is 0 Å². The average Bonchev–Trinajstić information content (AvgIpc) is 2.85. The molecule has 1 unspecified atom stereocenters. The van der Waals surface area contributed by atoms with Gasteiger partial charge in [0.1, 0.15) is 5.75 Å². The first-order chi connectivity index (χ1) is 10.1. The minimum Gasteiger partial charge on any atom is -0.496 e. The maximum absolute atomic E-state index is 6.76. The van der Waals surface area contributed by atoms with E-state index in [2.05, 4.69) is 38.1 Å². The number of halogens is 1. The number of thiophene rings is 1. The zero-order valence-corrected chi connectivity index (χ0v) is 13.9. The van der Waals surface area contributed by atoms with E-state index in [0.29, 0.717) is 0 Å². The van der Waals surface area contributed by atoms with Crippen molar-refractivity contribution in [3.8, 4) is 5.75 Å². The Labute approximate surface area is 134 Å². The molecule has 2 aromatic carbocycles. The van der Waals surface area contributed by atoms with Gasteiger partial charge in [0.15, 0.2) is 0 Å². The Bertz CT molecular complexity index is 772. The molecule has 0 aliphatic carbocycles. The van der Waals surface area contributed by atoms with Crippen LogP contribution in [-0.4, -0.2) is 7.11 Å². The Morgan fingerprint density at radius 2 is 1.76 bits per heavy atom. The minimum absolute atomic E-state index is 0.127. The number of benzene rings is 2. The molecule has 108 valence electrons. The van der Waals surface area contributed by atoms with E-state index in [9.17, 15) is 0 Å². The quantitative estimate of drug-likeness (QED) is 0.550.